The van der Waals surface area contributed by atoms with Gasteiger partial charge >= 0.3 is 0 Å². The minimum absolute atomic E-state index is 0.0243. The zero-order valence-electron chi connectivity index (χ0n) is 17.9. The Labute approximate surface area is 185 Å². The number of para-hydroxylation sites is 2. The number of halogens is 3. The third kappa shape index (κ3) is 5.70. The molecule has 5 nitrogen and oxygen atoms in total. The monoisotopic (exact) mass is 446 g/mol. The second kappa shape index (κ2) is 11.4. The van der Waals surface area contributed by atoms with E-state index in [9.17, 15) is 13.2 Å². The van der Waals surface area contributed by atoms with Crippen molar-refractivity contribution in [1.82, 2.24) is 4.98 Å². The molecule has 0 N–H and O–H groups in total. The summed E-state index contributed by atoms with van der Waals surface area (Å²) >= 11 is 0. The molecule has 3 aromatic rings. The molecule has 0 saturated carbocycles. The molecule has 0 saturated heterocycles. The van der Waals surface area contributed by atoms with Crippen LogP contribution in [0.3, 0.4) is 0 Å². The normalized spacial score (nSPS) is 11.8. The number of methoxy groups -OCH3 is 1. The van der Waals surface area contributed by atoms with E-state index in [1.165, 1.54) is 12.3 Å². The molecule has 1 aromatic heterocycles. The zero-order valence-corrected chi connectivity index (χ0v) is 17.9. The van der Waals surface area contributed by atoms with Gasteiger partial charge in [-0.25, -0.2) is 13.8 Å². The number of nitrogens with zero attached hydrogens (tertiary/aromatic N) is 2. The van der Waals surface area contributed by atoms with Crippen LogP contribution in [0.25, 0.3) is 0 Å². The second-order valence-electron chi connectivity index (χ2n) is 6.94. The summed E-state index contributed by atoms with van der Waals surface area (Å²) in [5.41, 5.74) is 1.30. The minimum atomic E-state index is -0.834. The average Bonchev–Trinajstić information content (AvgIpc) is 2.81. The average molecular weight is 446 g/mol. The summed E-state index contributed by atoms with van der Waals surface area (Å²) in [6.45, 7) is 1.94. The smallest absolute Gasteiger partial charge is 0.243 e. The van der Waals surface area contributed by atoms with Gasteiger partial charge in [0.05, 0.1) is 13.3 Å². The van der Waals surface area contributed by atoms with Crippen molar-refractivity contribution in [2.75, 3.05) is 25.3 Å². The highest BCUT2D eigenvalue weighted by Gasteiger charge is 2.23. The molecule has 0 aliphatic carbocycles. The van der Waals surface area contributed by atoms with Gasteiger partial charge in [0.25, 0.3) is 0 Å². The van der Waals surface area contributed by atoms with Crippen LogP contribution in [0.2, 0.25) is 0 Å². The Balaban J connectivity index is 1.95. The number of ether oxygens (including phenoxy) is 3. The first-order chi connectivity index (χ1) is 15.5. The molecular weight excluding hydrogens is 421 g/mol. The Morgan fingerprint density at radius 3 is 2.47 bits per heavy atom. The maximum Gasteiger partial charge on any atom is 0.243 e. The molecule has 0 spiro atoms. The van der Waals surface area contributed by atoms with Gasteiger partial charge in [-0.2, -0.15) is 0 Å². The van der Waals surface area contributed by atoms with E-state index in [0.29, 0.717) is 24.4 Å². The molecule has 1 atom stereocenters. The SMILES string of the molecule is COC(C)N(Cc1ccccc1OCCCF)c1cccnc1Oc1c(F)cccc1F. The molecule has 0 aliphatic rings. The Morgan fingerprint density at radius 2 is 1.75 bits per heavy atom. The fraction of sp³-hybridized carbons (Fsp3) is 0.292. The standard InChI is InChI=1S/C24H25F3N2O3/c1-17(30-2)29(16-18-8-3-4-12-22(18)31-15-7-13-25)21-11-6-14-28-24(21)32-23-19(26)9-5-10-20(23)27/h3-6,8-12,14,17H,7,13,15-16H2,1-2H3. The molecule has 1 heterocycles. The van der Waals surface area contributed by atoms with Crippen LogP contribution in [0.4, 0.5) is 18.9 Å². The van der Waals surface area contributed by atoms with E-state index in [0.717, 1.165) is 17.7 Å². The number of alkyl halides is 1. The van der Waals surface area contributed by atoms with Crippen LogP contribution in [0.1, 0.15) is 18.9 Å². The van der Waals surface area contributed by atoms with Crippen molar-refractivity contribution in [1.29, 1.82) is 0 Å². The van der Waals surface area contributed by atoms with Crippen molar-refractivity contribution in [2.45, 2.75) is 26.1 Å². The van der Waals surface area contributed by atoms with E-state index < -0.39 is 30.3 Å². The largest absolute Gasteiger partial charge is 0.493 e. The number of anilines is 1. The highest BCUT2D eigenvalue weighted by molar-refractivity contribution is 5.57. The Kier molecular flexibility index (Phi) is 8.33. The molecule has 8 heteroatoms. The number of pyridine rings is 1. The number of aromatic nitrogens is 1. The van der Waals surface area contributed by atoms with Crippen LogP contribution >= 0.6 is 0 Å². The second-order valence-corrected chi connectivity index (χ2v) is 6.94. The van der Waals surface area contributed by atoms with Crippen LogP contribution in [-0.2, 0) is 11.3 Å². The van der Waals surface area contributed by atoms with Crippen LogP contribution in [-0.4, -0.2) is 31.6 Å². The van der Waals surface area contributed by atoms with Gasteiger partial charge < -0.3 is 19.1 Å². The van der Waals surface area contributed by atoms with Gasteiger partial charge in [-0.15, -0.1) is 0 Å². The highest BCUT2D eigenvalue weighted by Crippen LogP contribution is 2.35. The van der Waals surface area contributed by atoms with Crippen molar-refractivity contribution >= 4 is 5.69 Å². The maximum absolute atomic E-state index is 14.2. The fourth-order valence-corrected chi connectivity index (χ4v) is 3.09. The van der Waals surface area contributed by atoms with Crippen LogP contribution in [0.15, 0.2) is 60.8 Å². The van der Waals surface area contributed by atoms with Gasteiger partial charge in [-0.05, 0) is 37.3 Å². The third-order valence-electron chi connectivity index (χ3n) is 4.81. The lowest BCUT2D eigenvalue weighted by atomic mass is 10.1. The van der Waals surface area contributed by atoms with Gasteiger partial charge in [0.1, 0.15) is 17.7 Å². The number of benzene rings is 2. The van der Waals surface area contributed by atoms with E-state index >= 15 is 0 Å². The predicted molar refractivity (Wildman–Crippen MR) is 116 cm³/mol. The molecule has 170 valence electrons. The zero-order chi connectivity index (χ0) is 22.9. The van der Waals surface area contributed by atoms with E-state index in [2.05, 4.69) is 4.98 Å². The van der Waals surface area contributed by atoms with Gasteiger partial charge in [0.15, 0.2) is 11.6 Å². The van der Waals surface area contributed by atoms with E-state index in [-0.39, 0.29) is 12.5 Å². The molecule has 0 aliphatic heterocycles. The van der Waals surface area contributed by atoms with E-state index in [1.807, 2.05) is 30.0 Å². The first-order valence-electron chi connectivity index (χ1n) is 10.2. The topological polar surface area (TPSA) is 43.8 Å². The molecule has 0 radical (unpaired) electrons. The van der Waals surface area contributed by atoms with Crippen LogP contribution < -0.4 is 14.4 Å². The molecule has 2 aromatic carbocycles. The summed E-state index contributed by atoms with van der Waals surface area (Å²) in [5, 5.41) is 0. The lowest BCUT2D eigenvalue weighted by Gasteiger charge is -2.31. The van der Waals surface area contributed by atoms with Crippen LogP contribution in [0.5, 0.6) is 17.4 Å². The number of hydrogen-bond acceptors (Lipinski definition) is 5. The predicted octanol–water partition coefficient (Wildman–Crippen LogP) is 5.89. The molecule has 1 unspecified atom stereocenters. The summed E-state index contributed by atoms with van der Waals surface area (Å²) < 4.78 is 57.6. The molecule has 0 amide bonds. The quantitative estimate of drug-likeness (QED) is 0.271. The summed E-state index contributed by atoms with van der Waals surface area (Å²) in [6, 6.07) is 14.3. The summed E-state index contributed by atoms with van der Waals surface area (Å²) in [5.74, 6) is -1.57. The van der Waals surface area contributed by atoms with Crippen LogP contribution in [0, 0.1) is 11.6 Å². The molecule has 32 heavy (non-hydrogen) atoms. The van der Waals surface area contributed by atoms with Gasteiger partial charge in [-0.3, -0.25) is 4.39 Å². The van der Waals surface area contributed by atoms with Crippen molar-refractivity contribution in [2.24, 2.45) is 0 Å². The van der Waals surface area contributed by atoms with E-state index in [1.54, 1.807) is 25.3 Å². The molecular formula is C24H25F3N2O3. The Morgan fingerprint density at radius 1 is 1.00 bits per heavy atom. The minimum Gasteiger partial charge on any atom is -0.493 e. The Bertz CT molecular complexity index is 999. The lowest BCUT2D eigenvalue weighted by Crippen LogP contribution is -2.34. The maximum atomic E-state index is 14.2. The van der Waals surface area contributed by atoms with Crippen molar-refractivity contribution in [3.05, 3.63) is 78.0 Å². The van der Waals surface area contributed by atoms with Crippen molar-refractivity contribution in [3.8, 4) is 17.4 Å². The summed E-state index contributed by atoms with van der Waals surface area (Å²) in [7, 11) is 1.55. The molecule has 3 rings (SSSR count). The molecule has 0 bridgehead atoms. The lowest BCUT2D eigenvalue weighted by molar-refractivity contribution is 0.112. The highest BCUT2D eigenvalue weighted by atomic mass is 19.1. The number of rotatable bonds is 11. The first kappa shape index (κ1) is 23.4. The number of hydrogen-bond donors (Lipinski definition) is 0. The van der Waals surface area contributed by atoms with Crippen molar-refractivity contribution < 1.29 is 27.4 Å². The third-order valence-corrected chi connectivity index (χ3v) is 4.81. The van der Waals surface area contributed by atoms with Gasteiger partial charge in [-0.1, -0.05) is 24.3 Å². The Hall–Kier alpha value is -3.26. The fourth-order valence-electron chi connectivity index (χ4n) is 3.09. The summed E-state index contributed by atoms with van der Waals surface area (Å²) in [6.07, 6.45) is 1.33. The van der Waals surface area contributed by atoms with E-state index in [4.69, 9.17) is 14.2 Å². The summed E-state index contributed by atoms with van der Waals surface area (Å²) in [4.78, 5) is 6.02. The van der Waals surface area contributed by atoms with Gasteiger partial charge in [0.2, 0.25) is 11.6 Å². The van der Waals surface area contributed by atoms with Crippen molar-refractivity contribution in [3.63, 3.8) is 0 Å². The molecule has 0 fully saturated rings. The first-order valence-corrected chi connectivity index (χ1v) is 10.2. The van der Waals surface area contributed by atoms with Gasteiger partial charge in [0, 0.05) is 31.8 Å².